The average molecular weight is 390 g/mol. The maximum absolute atomic E-state index is 12.5. The zero-order chi connectivity index (χ0) is 18.3. The van der Waals surface area contributed by atoms with Gasteiger partial charge in [0.1, 0.15) is 17.3 Å². The normalized spacial score (nSPS) is 16.6. The number of H-pyrrole nitrogens is 1. The molecule has 0 radical (unpaired) electrons. The van der Waals surface area contributed by atoms with Gasteiger partial charge in [0.2, 0.25) is 0 Å². The molecule has 9 heteroatoms. The van der Waals surface area contributed by atoms with Gasteiger partial charge in [-0.3, -0.25) is 4.79 Å². The summed E-state index contributed by atoms with van der Waals surface area (Å²) in [5.74, 6) is 0.507. The zero-order valence-electron chi connectivity index (χ0n) is 14.5. The van der Waals surface area contributed by atoms with Crippen molar-refractivity contribution in [2.45, 2.75) is 46.1 Å². The molecule has 136 valence electrons. The minimum Gasteiger partial charge on any atom is -0.453 e. The van der Waals surface area contributed by atoms with Crippen molar-refractivity contribution >= 4 is 39.1 Å². The molecular weight excluding hydrogens is 372 g/mol. The maximum atomic E-state index is 12.5. The molecule has 3 aromatic rings. The molecule has 0 saturated heterocycles. The molecule has 0 fully saturated rings. The van der Waals surface area contributed by atoms with Crippen molar-refractivity contribution < 1.29 is 9.53 Å². The lowest BCUT2D eigenvalue weighted by Gasteiger charge is -2.17. The predicted octanol–water partition coefficient (Wildman–Crippen LogP) is 2.88. The Kier molecular flexibility index (Phi) is 4.58. The van der Waals surface area contributed by atoms with Gasteiger partial charge in [-0.1, -0.05) is 18.3 Å². The first-order valence-corrected chi connectivity index (χ1v) is 10.2. The number of hydrogen-bond acceptors (Lipinski definition) is 8. The van der Waals surface area contributed by atoms with Gasteiger partial charge in [0.25, 0.3) is 5.56 Å². The molecule has 0 aliphatic heterocycles. The highest BCUT2D eigenvalue weighted by Gasteiger charge is 2.23. The molecule has 3 aromatic heterocycles. The Morgan fingerprint density at radius 3 is 3.08 bits per heavy atom. The topological polar surface area (TPSA) is 97.8 Å². The van der Waals surface area contributed by atoms with Gasteiger partial charge in [-0.25, -0.2) is 9.78 Å². The molecule has 0 saturated carbocycles. The van der Waals surface area contributed by atoms with Crippen LogP contribution in [0.15, 0.2) is 4.79 Å². The molecule has 1 aliphatic rings. The van der Waals surface area contributed by atoms with Crippen LogP contribution in [0.3, 0.4) is 0 Å². The summed E-state index contributed by atoms with van der Waals surface area (Å²) in [5, 5.41) is 4.61. The number of carbonyl (C=O) groups is 1. The lowest BCUT2D eigenvalue weighted by molar-refractivity contribution is 0.0466. The number of carbonyl (C=O) groups excluding carboxylic acids is 1. The number of thiophene rings is 1. The standard InChI is InChI=1S/C17H18N4O3S2/c1-3-10-14(26-21-20-10)17(23)24-7-12-18-15(22)13-9-5-4-8(2)6-11(9)25-16(13)19-12/h8H,3-7H2,1-2H3,(H,18,19,22)/t8-/m1/s1. The molecule has 0 spiro atoms. The Bertz CT molecular complexity index is 1040. The lowest BCUT2D eigenvalue weighted by atomic mass is 9.89. The second kappa shape index (κ2) is 6.88. The van der Waals surface area contributed by atoms with E-state index in [0.29, 0.717) is 34.1 Å². The van der Waals surface area contributed by atoms with E-state index < -0.39 is 5.97 Å². The molecule has 1 atom stereocenters. The summed E-state index contributed by atoms with van der Waals surface area (Å²) in [7, 11) is 0. The lowest BCUT2D eigenvalue weighted by Crippen LogP contribution is -2.16. The number of aromatic amines is 1. The van der Waals surface area contributed by atoms with Crippen molar-refractivity contribution in [3.05, 3.63) is 37.2 Å². The monoisotopic (exact) mass is 390 g/mol. The number of ether oxygens (including phenoxy) is 1. The number of esters is 1. The molecule has 0 bridgehead atoms. The van der Waals surface area contributed by atoms with Crippen molar-refractivity contribution in [2.24, 2.45) is 5.92 Å². The van der Waals surface area contributed by atoms with E-state index in [0.717, 1.165) is 41.2 Å². The van der Waals surface area contributed by atoms with Crippen LogP contribution in [0.1, 0.15) is 51.9 Å². The predicted molar refractivity (Wildman–Crippen MR) is 99.8 cm³/mol. The SMILES string of the molecule is CCc1nnsc1C(=O)OCc1nc2sc3c(c2c(=O)[nH]1)CC[C@@H](C)C3. The Morgan fingerprint density at radius 2 is 2.27 bits per heavy atom. The zero-order valence-corrected chi connectivity index (χ0v) is 16.1. The molecule has 0 aromatic carbocycles. The fourth-order valence-electron chi connectivity index (χ4n) is 3.26. The van der Waals surface area contributed by atoms with Gasteiger partial charge in [0.15, 0.2) is 4.88 Å². The highest BCUT2D eigenvalue weighted by molar-refractivity contribution is 7.18. The van der Waals surface area contributed by atoms with E-state index >= 15 is 0 Å². The largest absolute Gasteiger partial charge is 0.453 e. The Hall–Kier alpha value is -2.13. The third kappa shape index (κ3) is 3.05. The van der Waals surface area contributed by atoms with Crippen LogP contribution in [-0.4, -0.2) is 25.5 Å². The number of aromatic nitrogens is 4. The summed E-state index contributed by atoms with van der Waals surface area (Å²) in [4.78, 5) is 34.4. The van der Waals surface area contributed by atoms with E-state index in [2.05, 4.69) is 26.5 Å². The molecular formula is C17H18N4O3S2. The molecule has 1 aliphatic carbocycles. The smallest absolute Gasteiger partial charge is 0.352 e. The highest BCUT2D eigenvalue weighted by Crippen LogP contribution is 2.35. The Morgan fingerprint density at radius 1 is 1.42 bits per heavy atom. The van der Waals surface area contributed by atoms with Crippen molar-refractivity contribution in [3.8, 4) is 0 Å². The highest BCUT2D eigenvalue weighted by atomic mass is 32.1. The van der Waals surface area contributed by atoms with E-state index in [-0.39, 0.29) is 12.2 Å². The minimum atomic E-state index is -0.487. The number of nitrogens with one attached hydrogen (secondary N) is 1. The van der Waals surface area contributed by atoms with E-state index in [1.807, 2.05) is 6.92 Å². The van der Waals surface area contributed by atoms with Crippen molar-refractivity contribution in [2.75, 3.05) is 0 Å². The average Bonchev–Trinajstić information content (AvgIpc) is 3.23. The van der Waals surface area contributed by atoms with Crippen LogP contribution in [0.25, 0.3) is 10.2 Å². The van der Waals surface area contributed by atoms with Crippen LogP contribution >= 0.6 is 22.9 Å². The van der Waals surface area contributed by atoms with Gasteiger partial charge >= 0.3 is 5.97 Å². The van der Waals surface area contributed by atoms with Gasteiger partial charge < -0.3 is 9.72 Å². The first kappa shape index (κ1) is 17.3. The molecule has 7 nitrogen and oxygen atoms in total. The summed E-state index contributed by atoms with van der Waals surface area (Å²) in [6.45, 7) is 4.05. The Balaban J connectivity index is 1.58. The summed E-state index contributed by atoms with van der Waals surface area (Å²) >= 11 is 2.60. The number of fused-ring (bicyclic) bond motifs is 3. The van der Waals surface area contributed by atoms with Gasteiger partial charge in [-0.15, -0.1) is 16.4 Å². The van der Waals surface area contributed by atoms with Crippen LogP contribution < -0.4 is 5.56 Å². The fraction of sp³-hybridized carbons (Fsp3) is 0.471. The third-order valence-electron chi connectivity index (χ3n) is 4.63. The second-order valence-corrected chi connectivity index (χ2v) is 8.36. The van der Waals surface area contributed by atoms with E-state index in [4.69, 9.17) is 4.74 Å². The first-order chi connectivity index (χ1) is 12.6. The van der Waals surface area contributed by atoms with Gasteiger partial charge in [0, 0.05) is 4.88 Å². The van der Waals surface area contributed by atoms with E-state index in [1.54, 1.807) is 11.3 Å². The van der Waals surface area contributed by atoms with Crippen LogP contribution in [-0.2, 0) is 30.6 Å². The quantitative estimate of drug-likeness (QED) is 0.688. The summed E-state index contributed by atoms with van der Waals surface area (Å²) in [5.41, 5.74) is 1.61. The molecule has 0 unspecified atom stereocenters. The van der Waals surface area contributed by atoms with E-state index in [9.17, 15) is 9.59 Å². The van der Waals surface area contributed by atoms with Crippen molar-refractivity contribution in [1.82, 2.24) is 19.6 Å². The first-order valence-electron chi connectivity index (χ1n) is 8.58. The number of hydrogen-bond donors (Lipinski definition) is 1. The summed E-state index contributed by atoms with van der Waals surface area (Å²) in [6.07, 6.45) is 3.63. The molecule has 3 heterocycles. The van der Waals surface area contributed by atoms with Gasteiger partial charge in [0.05, 0.1) is 11.1 Å². The maximum Gasteiger partial charge on any atom is 0.352 e. The number of rotatable bonds is 4. The summed E-state index contributed by atoms with van der Waals surface area (Å²) < 4.78 is 9.09. The second-order valence-electron chi connectivity index (χ2n) is 6.52. The molecule has 26 heavy (non-hydrogen) atoms. The molecule has 1 N–H and O–H groups in total. The molecule has 0 amide bonds. The number of nitrogens with zero attached hydrogens (tertiary/aromatic N) is 3. The van der Waals surface area contributed by atoms with Gasteiger partial charge in [-0.05, 0) is 48.7 Å². The van der Waals surface area contributed by atoms with Crippen LogP contribution in [0, 0.1) is 5.92 Å². The molecule has 4 rings (SSSR count). The van der Waals surface area contributed by atoms with Crippen molar-refractivity contribution in [1.29, 1.82) is 0 Å². The van der Waals surface area contributed by atoms with E-state index in [1.165, 1.54) is 4.88 Å². The van der Waals surface area contributed by atoms with Crippen LogP contribution in [0.4, 0.5) is 0 Å². The number of aryl methyl sites for hydroxylation is 2. The fourth-order valence-corrected chi connectivity index (χ4v) is 5.30. The van der Waals surface area contributed by atoms with Gasteiger partial charge in [-0.2, -0.15) is 0 Å². The third-order valence-corrected chi connectivity index (χ3v) is 6.53. The van der Waals surface area contributed by atoms with Crippen LogP contribution in [0.5, 0.6) is 0 Å². The van der Waals surface area contributed by atoms with Crippen molar-refractivity contribution in [3.63, 3.8) is 0 Å². The minimum absolute atomic E-state index is 0.0793. The van der Waals surface area contributed by atoms with Crippen LogP contribution in [0.2, 0.25) is 0 Å². The Labute approximate surface area is 157 Å². The summed E-state index contributed by atoms with van der Waals surface area (Å²) in [6, 6.07) is 0.